The van der Waals surface area contributed by atoms with Crippen molar-refractivity contribution in [2.75, 3.05) is 17.2 Å². The van der Waals surface area contributed by atoms with Gasteiger partial charge < -0.3 is 16.0 Å². The molecular formula is C29H34N4O2. The quantitative estimate of drug-likeness (QED) is 0.171. The number of carbonyl (C=O) groups is 2. The van der Waals surface area contributed by atoms with E-state index >= 15 is 0 Å². The number of para-hydroxylation sites is 1. The molecule has 1 spiro atoms. The first kappa shape index (κ1) is 24.5. The maximum absolute atomic E-state index is 13.0. The van der Waals surface area contributed by atoms with E-state index in [0.717, 1.165) is 79.8 Å². The fourth-order valence-corrected chi connectivity index (χ4v) is 5.19. The molecule has 182 valence electrons. The second-order valence-corrected chi connectivity index (χ2v) is 9.33. The summed E-state index contributed by atoms with van der Waals surface area (Å²) in [5, 5.41) is 9.18. The molecule has 1 atom stereocenters. The molecule has 0 aromatic heterocycles. The molecule has 0 bridgehead atoms. The smallest absolute Gasteiger partial charge is 0.235 e. The molecule has 2 aliphatic rings. The maximum Gasteiger partial charge on any atom is 0.235 e. The van der Waals surface area contributed by atoms with Gasteiger partial charge in [-0.3, -0.25) is 14.6 Å². The number of benzene rings is 2. The van der Waals surface area contributed by atoms with Gasteiger partial charge in [0.1, 0.15) is 0 Å². The summed E-state index contributed by atoms with van der Waals surface area (Å²) in [5.74, 6) is 0.0961. The van der Waals surface area contributed by atoms with E-state index in [0.29, 0.717) is 6.42 Å². The van der Waals surface area contributed by atoms with Crippen LogP contribution >= 0.6 is 0 Å². The van der Waals surface area contributed by atoms with Crippen molar-refractivity contribution in [2.24, 2.45) is 4.99 Å². The highest BCUT2D eigenvalue weighted by Gasteiger charge is 2.50. The highest BCUT2D eigenvalue weighted by atomic mass is 16.2. The Bertz CT molecular complexity index is 1170. The molecule has 3 N–H and O–H groups in total. The van der Waals surface area contributed by atoms with Crippen LogP contribution in [0.15, 0.2) is 71.5 Å². The summed E-state index contributed by atoms with van der Waals surface area (Å²) in [6.45, 7) is 6.84. The molecule has 0 saturated carbocycles. The second-order valence-electron chi connectivity index (χ2n) is 9.33. The zero-order chi connectivity index (χ0) is 24.7. The zero-order valence-electron chi connectivity index (χ0n) is 20.4. The molecule has 0 fully saturated rings. The lowest BCUT2D eigenvalue weighted by Gasteiger charge is -2.20. The topological polar surface area (TPSA) is 82.6 Å². The lowest BCUT2D eigenvalue weighted by Crippen LogP contribution is -2.35. The Morgan fingerprint density at radius 2 is 1.91 bits per heavy atom. The van der Waals surface area contributed by atoms with E-state index in [1.165, 1.54) is 11.1 Å². The van der Waals surface area contributed by atoms with E-state index in [-0.39, 0.29) is 5.91 Å². The standard InChI is InChI=1S/C29H34N4O2/c1-3-31-24(10-6-4-5-9-15-30-20-34)16-21(2)32-25-14-13-22-18-29(19-23(22)17-25)26-11-7-8-12-27(26)33-28(29)35/h3,7-8,11-14,16-17,20,32H,2,4-6,9-10,15,18-19H2,1H3,(H,30,34)(H,33,35)/b24-16-,31-3?. The number of anilines is 2. The summed E-state index contributed by atoms with van der Waals surface area (Å²) in [5.41, 5.74) is 6.72. The Balaban J connectivity index is 1.37. The van der Waals surface area contributed by atoms with E-state index < -0.39 is 5.41 Å². The van der Waals surface area contributed by atoms with E-state index in [9.17, 15) is 9.59 Å². The van der Waals surface area contributed by atoms with Crippen molar-refractivity contribution in [3.8, 4) is 0 Å². The predicted molar refractivity (Wildman–Crippen MR) is 143 cm³/mol. The molecule has 6 nitrogen and oxygen atoms in total. The Morgan fingerprint density at radius 1 is 1.11 bits per heavy atom. The van der Waals surface area contributed by atoms with Crippen LogP contribution in [0.5, 0.6) is 0 Å². The van der Waals surface area contributed by atoms with E-state index in [2.05, 4.69) is 51.8 Å². The van der Waals surface area contributed by atoms with Crippen molar-refractivity contribution < 1.29 is 9.59 Å². The molecule has 2 amide bonds. The van der Waals surface area contributed by atoms with E-state index in [1.54, 1.807) is 0 Å². The Kier molecular flexibility index (Phi) is 7.80. The van der Waals surface area contributed by atoms with Crippen molar-refractivity contribution in [3.05, 3.63) is 83.2 Å². The van der Waals surface area contributed by atoms with E-state index in [1.807, 2.05) is 37.4 Å². The molecule has 6 heteroatoms. The number of carbonyl (C=O) groups excluding carboxylic acids is 2. The Labute approximate surface area is 207 Å². The molecule has 0 saturated heterocycles. The summed E-state index contributed by atoms with van der Waals surface area (Å²) in [6.07, 6.45) is 11.1. The van der Waals surface area contributed by atoms with Crippen LogP contribution in [-0.2, 0) is 27.8 Å². The number of allylic oxidation sites excluding steroid dienone is 2. The average molecular weight is 471 g/mol. The van der Waals surface area contributed by atoms with Gasteiger partial charge in [0.25, 0.3) is 0 Å². The summed E-state index contributed by atoms with van der Waals surface area (Å²) in [7, 11) is 0. The minimum absolute atomic E-state index is 0.0961. The zero-order valence-corrected chi connectivity index (χ0v) is 20.4. The summed E-state index contributed by atoms with van der Waals surface area (Å²) < 4.78 is 0. The molecule has 0 radical (unpaired) electrons. The average Bonchev–Trinajstić information content (AvgIpc) is 3.35. The van der Waals surface area contributed by atoms with Gasteiger partial charge in [0, 0.05) is 35.5 Å². The number of fused-ring (bicyclic) bond motifs is 3. The number of unbranched alkanes of at least 4 members (excludes halogenated alkanes) is 3. The first-order chi connectivity index (χ1) is 17.1. The van der Waals surface area contributed by atoms with Crippen molar-refractivity contribution in [3.63, 3.8) is 0 Å². The molecule has 2 aromatic rings. The normalized spacial score (nSPS) is 18.4. The van der Waals surface area contributed by atoms with Crippen LogP contribution in [0.2, 0.25) is 0 Å². The monoisotopic (exact) mass is 470 g/mol. The maximum atomic E-state index is 13.0. The minimum Gasteiger partial charge on any atom is -0.359 e. The molecule has 2 aromatic carbocycles. The van der Waals surface area contributed by atoms with Crippen LogP contribution in [0.1, 0.15) is 55.7 Å². The number of nitrogens with zero attached hydrogens (tertiary/aromatic N) is 1. The lowest BCUT2D eigenvalue weighted by molar-refractivity contribution is -0.120. The van der Waals surface area contributed by atoms with Gasteiger partial charge in [0.15, 0.2) is 0 Å². The van der Waals surface area contributed by atoms with Crippen molar-refractivity contribution in [1.29, 1.82) is 0 Å². The fourth-order valence-electron chi connectivity index (χ4n) is 5.19. The molecule has 1 heterocycles. The van der Waals surface area contributed by atoms with Gasteiger partial charge in [0.2, 0.25) is 12.3 Å². The molecule has 1 aliphatic carbocycles. The van der Waals surface area contributed by atoms with Gasteiger partial charge in [-0.1, -0.05) is 43.7 Å². The lowest BCUT2D eigenvalue weighted by atomic mass is 9.79. The third-order valence-electron chi connectivity index (χ3n) is 6.84. The number of hydrogen-bond acceptors (Lipinski definition) is 4. The summed E-state index contributed by atoms with van der Waals surface area (Å²) >= 11 is 0. The van der Waals surface area contributed by atoms with E-state index in [4.69, 9.17) is 0 Å². The van der Waals surface area contributed by atoms with Crippen molar-refractivity contribution in [1.82, 2.24) is 5.32 Å². The third kappa shape index (κ3) is 5.53. The van der Waals surface area contributed by atoms with Gasteiger partial charge in [-0.2, -0.15) is 0 Å². The third-order valence-corrected chi connectivity index (χ3v) is 6.84. The highest BCUT2D eigenvalue weighted by Crippen LogP contribution is 2.47. The molecule has 1 unspecified atom stereocenters. The molecule has 4 rings (SSSR count). The van der Waals surface area contributed by atoms with Crippen LogP contribution in [0.3, 0.4) is 0 Å². The number of nitrogens with one attached hydrogen (secondary N) is 3. The first-order valence-electron chi connectivity index (χ1n) is 12.4. The van der Waals surface area contributed by atoms with Crippen LogP contribution in [0, 0.1) is 0 Å². The Hall–Kier alpha value is -3.67. The van der Waals surface area contributed by atoms with Gasteiger partial charge in [-0.25, -0.2) is 0 Å². The molecule has 1 aliphatic heterocycles. The first-order valence-corrected chi connectivity index (χ1v) is 12.4. The Morgan fingerprint density at radius 3 is 2.74 bits per heavy atom. The van der Waals surface area contributed by atoms with Crippen molar-refractivity contribution in [2.45, 2.75) is 57.3 Å². The van der Waals surface area contributed by atoms with Gasteiger partial charge in [-0.15, -0.1) is 0 Å². The van der Waals surface area contributed by atoms with Crippen molar-refractivity contribution >= 4 is 29.9 Å². The summed E-state index contributed by atoms with van der Waals surface area (Å²) in [4.78, 5) is 27.8. The van der Waals surface area contributed by atoms with Crippen LogP contribution in [0.25, 0.3) is 0 Å². The van der Waals surface area contributed by atoms with Gasteiger partial charge in [-0.05, 0) is 80.0 Å². The largest absolute Gasteiger partial charge is 0.359 e. The van der Waals surface area contributed by atoms with Gasteiger partial charge >= 0.3 is 0 Å². The SMILES string of the molecule is C=C(/C=C(/CCCCCCNC=O)N=CC)Nc1ccc2c(c1)CC1(C2)C(=O)Nc2ccccc21. The molecular weight excluding hydrogens is 436 g/mol. The fraction of sp³-hybridized carbons (Fsp3) is 0.345. The number of hydrogen-bond donors (Lipinski definition) is 3. The van der Waals surface area contributed by atoms with Crippen LogP contribution in [-0.4, -0.2) is 25.1 Å². The number of rotatable bonds is 12. The predicted octanol–water partition coefficient (Wildman–Crippen LogP) is 5.27. The number of amides is 2. The number of aliphatic imine (C=N–C) groups is 1. The summed E-state index contributed by atoms with van der Waals surface area (Å²) in [6, 6.07) is 14.4. The van der Waals surface area contributed by atoms with Gasteiger partial charge in [0.05, 0.1) is 5.41 Å². The van der Waals surface area contributed by atoms with Crippen LogP contribution < -0.4 is 16.0 Å². The molecule has 35 heavy (non-hydrogen) atoms. The van der Waals surface area contributed by atoms with Crippen LogP contribution in [0.4, 0.5) is 11.4 Å². The highest BCUT2D eigenvalue weighted by molar-refractivity contribution is 6.07. The minimum atomic E-state index is -0.499. The second kappa shape index (κ2) is 11.2.